The van der Waals surface area contributed by atoms with Gasteiger partial charge in [0.15, 0.2) is 0 Å². The second-order valence-electron chi connectivity index (χ2n) is 6.08. The Labute approximate surface area is 121 Å². The van der Waals surface area contributed by atoms with Crippen LogP contribution in [0.25, 0.3) is 0 Å². The van der Waals surface area contributed by atoms with Crippen LogP contribution in [0.3, 0.4) is 0 Å². The number of nitrogens with zero attached hydrogens (tertiary/aromatic N) is 1. The van der Waals surface area contributed by atoms with E-state index < -0.39 is 0 Å². The van der Waals surface area contributed by atoms with Crippen LogP contribution in [0.4, 0.5) is 5.82 Å². The van der Waals surface area contributed by atoms with Crippen LogP contribution in [0.5, 0.6) is 0 Å². The molecule has 0 aromatic carbocycles. The molecule has 0 spiro atoms. The van der Waals surface area contributed by atoms with Crippen LogP contribution in [0.15, 0.2) is 18.3 Å². The van der Waals surface area contributed by atoms with Crippen LogP contribution >= 0.6 is 0 Å². The molecule has 0 saturated heterocycles. The van der Waals surface area contributed by atoms with Gasteiger partial charge in [0.1, 0.15) is 5.82 Å². The molecule has 1 aromatic heterocycles. The summed E-state index contributed by atoms with van der Waals surface area (Å²) in [7, 11) is 0. The van der Waals surface area contributed by atoms with E-state index in [-0.39, 0.29) is 11.6 Å². The first-order chi connectivity index (χ1) is 9.55. The number of nitrogens with two attached hydrogens (primary N) is 2. The molecule has 112 valence electrons. The molecular weight excluding hydrogens is 250 g/mol. The predicted octanol–water partition coefficient (Wildman–Crippen LogP) is 2.52. The molecule has 1 saturated carbocycles. The fourth-order valence-corrected chi connectivity index (χ4v) is 3.22. The monoisotopic (exact) mass is 277 g/mol. The van der Waals surface area contributed by atoms with Gasteiger partial charge < -0.3 is 16.2 Å². The zero-order valence-electron chi connectivity index (χ0n) is 12.6. The van der Waals surface area contributed by atoms with Gasteiger partial charge in [0.05, 0.1) is 5.60 Å². The van der Waals surface area contributed by atoms with Gasteiger partial charge in [-0.3, -0.25) is 0 Å². The summed E-state index contributed by atoms with van der Waals surface area (Å²) in [6.45, 7) is 5.09. The Bertz CT molecular complexity index is 427. The number of hydrogen-bond donors (Lipinski definition) is 2. The van der Waals surface area contributed by atoms with E-state index in [0.29, 0.717) is 5.82 Å². The topological polar surface area (TPSA) is 74.2 Å². The number of hydrogen-bond acceptors (Lipinski definition) is 4. The smallest absolute Gasteiger partial charge is 0.123 e. The molecule has 1 aromatic rings. The summed E-state index contributed by atoms with van der Waals surface area (Å²) in [5.41, 5.74) is 13.2. The Morgan fingerprint density at radius 3 is 2.75 bits per heavy atom. The lowest BCUT2D eigenvalue weighted by atomic mass is 9.74. The summed E-state index contributed by atoms with van der Waals surface area (Å²) in [6, 6.07) is 3.91. The number of nitrogen functional groups attached to an aromatic ring is 1. The molecule has 20 heavy (non-hydrogen) atoms. The van der Waals surface area contributed by atoms with Crippen molar-refractivity contribution < 1.29 is 4.74 Å². The van der Waals surface area contributed by atoms with E-state index >= 15 is 0 Å². The van der Waals surface area contributed by atoms with Crippen molar-refractivity contribution in [2.75, 3.05) is 12.3 Å². The molecule has 4 N–H and O–H groups in total. The van der Waals surface area contributed by atoms with Crippen molar-refractivity contribution in [1.82, 2.24) is 4.98 Å². The van der Waals surface area contributed by atoms with E-state index in [1.165, 1.54) is 12.8 Å². The lowest BCUT2D eigenvalue weighted by Crippen LogP contribution is -2.53. The first-order valence-corrected chi connectivity index (χ1v) is 7.65. The van der Waals surface area contributed by atoms with Gasteiger partial charge in [0, 0.05) is 18.8 Å². The molecule has 0 aliphatic heterocycles. The van der Waals surface area contributed by atoms with E-state index in [9.17, 15) is 0 Å². The average Bonchev–Trinajstić information content (AvgIpc) is 2.42. The minimum absolute atomic E-state index is 0.0109. The van der Waals surface area contributed by atoms with Crippen LogP contribution in [-0.4, -0.2) is 23.2 Å². The Kier molecular flexibility index (Phi) is 5.00. The molecule has 1 aliphatic carbocycles. The Hall–Kier alpha value is -1.13. The summed E-state index contributed by atoms with van der Waals surface area (Å²) in [5, 5.41) is 0. The molecule has 0 radical (unpaired) electrons. The molecule has 2 rings (SSSR count). The lowest BCUT2D eigenvalue weighted by molar-refractivity contribution is -0.0883. The molecule has 4 heteroatoms. The third-order valence-corrected chi connectivity index (χ3v) is 4.53. The zero-order chi connectivity index (χ0) is 14.6. The van der Waals surface area contributed by atoms with E-state index in [1.807, 2.05) is 12.1 Å². The van der Waals surface area contributed by atoms with E-state index in [2.05, 4.69) is 18.8 Å². The molecule has 0 amide bonds. The van der Waals surface area contributed by atoms with Crippen LogP contribution in [0.2, 0.25) is 0 Å². The van der Waals surface area contributed by atoms with Crippen LogP contribution in [0, 0.1) is 5.92 Å². The summed E-state index contributed by atoms with van der Waals surface area (Å²) in [6.07, 6.45) is 7.06. The first-order valence-electron chi connectivity index (χ1n) is 7.65. The van der Waals surface area contributed by atoms with Crippen LogP contribution in [0.1, 0.15) is 45.1 Å². The van der Waals surface area contributed by atoms with Gasteiger partial charge in [-0.05, 0) is 62.6 Å². The highest BCUT2D eigenvalue weighted by molar-refractivity contribution is 5.32. The fraction of sp³-hybridized carbons (Fsp3) is 0.688. The zero-order valence-corrected chi connectivity index (χ0v) is 12.6. The Morgan fingerprint density at radius 1 is 1.45 bits per heavy atom. The van der Waals surface area contributed by atoms with Crippen molar-refractivity contribution in [3.05, 3.63) is 23.9 Å². The highest BCUT2D eigenvalue weighted by Gasteiger charge is 2.40. The number of rotatable bonds is 5. The van der Waals surface area contributed by atoms with E-state index in [4.69, 9.17) is 16.2 Å². The van der Waals surface area contributed by atoms with Crippen molar-refractivity contribution >= 4 is 5.82 Å². The summed E-state index contributed by atoms with van der Waals surface area (Å²) in [5.74, 6) is 1.34. The molecule has 4 nitrogen and oxygen atoms in total. The lowest BCUT2D eigenvalue weighted by Gasteiger charge is -2.43. The summed E-state index contributed by atoms with van der Waals surface area (Å²) >= 11 is 0. The number of aromatic nitrogens is 1. The summed E-state index contributed by atoms with van der Waals surface area (Å²) in [4.78, 5) is 4.03. The number of ether oxygens (including phenoxy) is 1. The first kappa shape index (κ1) is 15.3. The van der Waals surface area contributed by atoms with Crippen molar-refractivity contribution in [2.45, 2.75) is 57.6 Å². The Morgan fingerprint density at radius 2 is 2.15 bits per heavy atom. The van der Waals surface area contributed by atoms with E-state index in [0.717, 1.165) is 37.4 Å². The third kappa shape index (κ3) is 3.49. The van der Waals surface area contributed by atoms with Gasteiger partial charge in [0.2, 0.25) is 0 Å². The van der Waals surface area contributed by atoms with Crippen molar-refractivity contribution in [2.24, 2.45) is 11.7 Å². The molecule has 1 unspecified atom stereocenters. The summed E-state index contributed by atoms with van der Waals surface area (Å²) < 4.78 is 6.11. The van der Waals surface area contributed by atoms with Crippen molar-refractivity contribution in [3.8, 4) is 0 Å². The van der Waals surface area contributed by atoms with E-state index in [1.54, 1.807) is 6.20 Å². The average molecular weight is 277 g/mol. The maximum atomic E-state index is 6.51. The fourth-order valence-electron chi connectivity index (χ4n) is 3.22. The second kappa shape index (κ2) is 6.55. The van der Waals surface area contributed by atoms with Crippen LogP contribution < -0.4 is 11.5 Å². The molecule has 1 aliphatic rings. The normalized spacial score (nSPS) is 28.2. The SMILES string of the molecule is CCOC1(C(N)Cc2ccnc(N)c2)CCC(C)CC1. The highest BCUT2D eigenvalue weighted by atomic mass is 16.5. The van der Waals surface area contributed by atoms with Gasteiger partial charge in [-0.25, -0.2) is 4.98 Å². The molecule has 0 bridgehead atoms. The molecular formula is C16H27N3O. The maximum absolute atomic E-state index is 6.51. The second-order valence-corrected chi connectivity index (χ2v) is 6.08. The van der Waals surface area contributed by atoms with Gasteiger partial charge >= 0.3 is 0 Å². The highest BCUT2D eigenvalue weighted by Crippen LogP contribution is 2.37. The molecule has 1 heterocycles. The predicted molar refractivity (Wildman–Crippen MR) is 82.3 cm³/mol. The number of anilines is 1. The third-order valence-electron chi connectivity index (χ3n) is 4.53. The number of pyridine rings is 1. The quantitative estimate of drug-likeness (QED) is 0.867. The van der Waals surface area contributed by atoms with Gasteiger partial charge in [0.25, 0.3) is 0 Å². The van der Waals surface area contributed by atoms with Crippen molar-refractivity contribution in [1.29, 1.82) is 0 Å². The standard InChI is InChI=1S/C16H27N3O/c1-3-20-16(7-4-12(2)5-8-16)14(17)10-13-6-9-19-15(18)11-13/h6,9,11-12,14H,3-5,7-8,10,17H2,1-2H3,(H2,18,19). The van der Waals surface area contributed by atoms with Gasteiger partial charge in [-0.2, -0.15) is 0 Å². The minimum Gasteiger partial charge on any atom is -0.384 e. The molecule has 1 atom stereocenters. The minimum atomic E-state index is -0.167. The Balaban J connectivity index is 2.09. The largest absolute Gasteiger partial charge is 0.384 e. The van der Waals surface area contributed by atoms with Crippen LogP contribution in [-0.2, 0) is 11.2 Å². The van der Waals surface area contributed by atoms with Gasteiger partial charge in [-0.15, -0.1) is 0 Å². The maximum Gasteiger partial charge on any atom is 0.123 e. The van der Waals surface area contributed by atoms with Crippen molar-refractivity contribution in [3.63, 3.8) is 0 Å². The molecule has 1 fully saturated rings. The van der Waals surface area contributed by atoms with Gasteiger partial charge in [-0.1, -0.05) is 6.92 Å².